The van der Waals surface area contributed by atoms with Crippen LogP contribution in [0.15, 0.2) is 24.3 Å². The van der Waals surface area contributed by atoms with E-state index in [1.165, 1.54) is 7.11 Å². The summed E-state index contributed by atoms with van der Waals surface area (Å²) in [6.07, 6.45) is 0. The van der Waals surface area contributed by atoms with Crippen LogP contribution in [0.25, 0.3) is 22.4 Å². The quantitative estimate of drug-likeness (QED) is 0.664. The summed E-state index contributed by atoms with van der Waals surface area (Å²) in [4.78, 5) is 21.4. The first-order valence-electron chi connectivity index (χ1n) is 8.33. The average molecular weight is 371 g/mol. The standard InChI is InChI=1S/C19H21N3O5/c1-11-20-17-13(19(24)27-4)10-14(21-18(17)22(11)7-8-23)12-5-6-15(25-2)16(9-12)26-3/h5-6,9-10,23H,7-8H2,1-4H3. The molecular weight excluding hydrogens is 350 g/mol. The summed E-state index contributed by atoms with van der Waals surface area (Å²) in [5.74, 6) is 1.30. The van der Waals surface area contributed by atoms with Gasteiger partial charge in [0.25, 0.3) is 0 Å². The molecule has 142 valence electrons. The van der Waals surface area contributed by atoms with Crippen molar-refractivity contribution in [3.05, 3.63) is 35.7 Å². The first kappa shape index (κ1) is 18.7. The normalized spacial score (nSPS) is 10.9. The number of carbonyl (C=O) groups excluding carboxylic acids is 1. The fourth-order valence-electron chi connectivity index (χ4n) is 2.98. The van der Waals surface area contributed by atoms with E-state index < -0.39 is 5.97 Å². The molecule has 1 N–H and O–H groups in total. The molecule has 2 heterocycles. The van der Waals surface area contributed by atoms with E-state index in [9.17, 15) is 9.90 Å². The highest BCUT2D eigenvalue weighted by molar-refractivity contribution is 6.02. The third kappa shape index (κ3) is 3.31. The summed E-state index contributed by atoms with van der Waals surface area (Å²) in [6, 6.07) is 7.03. The maximum Gasteiger partial charge on any atom is 0.340 e. The second-order valence-corrected chi connectivity index (χ2v) is 5.82. The Balaban J connectivity index is 2.27. The highest BCUT2D eigenvalue weighted by Gasteiger charge is 2.20. The van der Waals surface area contributed by atoms with Crippen LogP contribution in [0.3, 0.4) is 0 Å². The molecule has 0 aliphatic rings. The van der Waals surface area contributed by atoms with Gasteiger partial charge in [0.2, 0.25) is 0 Å². The average Bonchev–Trinajstić information content (AvgIpc) is 3.01. The number of hydrogen-bond acceptors (Lipinski definition) is 7. The molecule has 8 nitrogen and oxygen atoms in total. The van der Waals surface area contributed by atoms with Crippen molar-refractivity contribution in [2.24, 2.45) is 0 Å². The number of benzene rings is 1. The number of esters is 1. The zero-order chi connectivity index (χ0) is 19.6. The number of carbonyl (C=O) groups is 1. The van der Waals surface area contributed by atoms with Crippen molar-refractivity contribution in [1.29, 1.82) is 0 Å². The SMILES string of the molecule is COC(=O)c1cc(-c2ccc(OC)c(OC)c2)nc2c1nc(C)n2CCO. The van der Waals surface area contributed by atoms with Crippen molar-refractivity contribution in [2.45, 2.75) is 13.5 Å². The topological polar surface area (TPSA) is 95.7 Å². The molecule has 0 aliphatic heterocycles. The fraction of sp³-hybridized carbons (Fsp3) is 0.316. The van der Waals surface area contributed by atoms with Crippen LogP contribution in [-0.4, -0.2) is 53.5 Å². The van der Waals surface area contributed by atoms with Crippen LogP contribution >= 0.6 is 0 Å². The van der Waals surface area contributed by atoms with Gasteiger partial charge in [0, 0.05) is 12.1 Å². The molecule has 0 amide bonds. The summed E-state index contributed by atoms with van der Waals surface area (Å²) in [5, 5.41) is 9.36. The van der Waals surface area contributed by atoms with Crippen LogP contribution in [0.5, 0.6) is 11.5 Å². The molecule has 3 rings (SSSR count). The Morgan fingerprint density at radius 2 is 1.85 bits per heavy atom. The predicted octanol–water partition coefficient (Wildman–Crippen LogP) is 2.20. The molecule has 0 aliphatic carbocycles. The second-order valence-electron chi connectivity index (χ2n) is 5.82. The minimum absolute atomic E-state index is 0.0673. The van der Waals surface area contributed by atoms with Gasteiger partial charge in [0.05, 0.1) is 39.2 Å². The molecular formula is C19H21N3O5. The van der Waals surface area contributed by atoms with E-state index in [-0.39, 0.29) is 6.61 Å². The van der Waals surface area contributed by atoms with Gasteiger partial charge in [-0.05, 0) is 31.2 Å². The molecule has 0 radical (unpaired) electrons. The van der Waals surface area contributed by atoms with Gasteiger partial charge in [-0.1, -0.05) is 0 Å². The molecule has 0 atom stereocenters. The van der Waals surface area contributed by atoms with Crippen LogP contribution < -0.4 is 9.47 Å². The minimum Gasteiger partial charge on any atom is -0.493 e. The van der Waals surface area contributed by atoms with Crippen LogP contribution in [0, 0.1) is 6.92 Å². The number of imidazole rings is 1. The highest BCUT2D eigenvalue weighted by Crippen LogP contribution is 2.33. The van der Waals surface area contributed by atoms with Gasteiger partial charge in [-0.3, -0.25) is 0 Å². The van der Waals surface area contributed by atoms with E-state index in [2.05, 4.69) is 9.97 Å². The Kier molecular flexibility index (Phi) is 5.27. The van der Waals surface area contributed by atoms with Gasteiger partial charge in [-0.15, -0.1) is 0 Å². The monoisotopic (exact) mass is 371 g/mol. The third-order valence-corrected chi connectivity index (χ3v) is 4.30. The number of aryl methyl sites for hydroxylation is 1. The number of pyridine rings is 1. The summed E-state index contributed by atoms with van der Waals surface area (Å²) < 4.78 is 17.3. The lowest BCUT2D eigenvalue weighted by molar-refractivity contribution is 0.0602. The summed E-state index contributed by atoms with van der Waals surface area (Å²) in [6.45, 7) is 2.06. The lowest BCUT2D eigenvalue weighted by Gasteiger charge is -2.11. The Labute approximate surface area is 156 Å². The van der Waals surface area contributed by atoms with Crippen LogP contribution in [0.1, 0.15) is 16.2 Å². The zero-order valence-electron chi connectivity index (χ0n) is 15.6. The van der Waals surface area contributed by atoms with Crippen molar-refractivity contribution in [3.63, 3.8) is 0 Å². The Morgan fingerprint density at radius 1 is 1.11 bits per heavy atom. The van der Waals surface area contributed by atoms with Gasteiger partial charge in [-0.2, -0.15) is 0 Å². The van der Waals surface area contributed by atoms with Gasteiger partial charge < -0.3 is 23.9 Å². The summed E-state index contributed by atoms with van der Waals surface area (Å²) in [5.41, 5.74) is 2.57. The number of methoxy groups -OCH3 is 3. The molecule has 0 fully saturated rings. The Bertz CT molecular complexity index is 997. The van der Waals surface area contributed by atoms with Crippen molar-refractivity contribution >= 4 is 17.1 Å². The van der Waals surface area contributed by atoms with Crippen molar-refractivity contribution in [2.75, 3.05) is 27.9 Å². The number of aliphatic hydroxyl groups is 1. The number of aliphatic hydroxyl groups excluding tert-OH is 1. The molecule has 1 aromatic carbocycles. The van der Waals surface area contributed by atoms with E-state index in [0.717, 1.165) is 5.56 Å². The molecule has 0 bridgehead atoms. The Hall–Kier alpha value is -3.13. The van der Waals surface area contributed by atoms with E-state index >= 15 is 0 Å². The van der Waals surface area contributed by atoms with E-state index in [4.69, 9.17) is 14.2 Å². The van der Waals surface area contributed by atoms with Crippen molar-refractivity contribution in [3.8, 4) is 22.8 Å². The van der Waals surface area contributed by atoms with Gasteiger partial charge in [-0.25, -0.2) is 14.8 Å². The third-order valence-electron chi connectivity index (χ3n) is 4.30. The number of hydrogen-bond donors (Lipinski definition) is 1. The molecule has 8 heteroatoms. The summed E-state index contributed by atoms with van der Waals surface area (Å²) in [7, 11) is 4.44. The molecule has 3 aromatic rings. The predicted molar refractivity (Wildman–Crippen MR) is 99.2 cm³/mol. The largest absolute Gasteiger partial charge is 0.493 e. The Morgan fingerprint density at radius 3 is 2.48 bits per heavy atom. The molecule has 0 spiro atoms. The lowest BCUT2D eigenvalue weighted by atomic mass is 10.1. The summed E-state index contributed by atoms with van der Waals surface area (Å²) >= 11 is 0. The number of rotatable bonds is 6. The lowest BCUT2D eigenvalue weighted by Crippen LogP contribution is -2.07. The minimum atomic E-state index is -0.502. The molecule has 0 saturated heterocycles. The maximum absolute atomic E-state index is 12.3. The second kappa shape index (κ2) is 7.63. The smallest absolute Gasteiger partial charge is 0.340 e. The van der Waals surface area contributed by atoms with Gasteiger partial charge in [0.1, 0.15) is 11.3 Å². The van der Waals surface area contributed by atoms with E-state index in [1.54, 1.807) is 43.9 Å². The number of fused-ring (bicyclic) bond motifs is 1. The van der Waals surface area contributed by atoms with Gasteiger partial charge >= 0.3 is 5.97 Å². The maximum atomic E-state index is 12.3. The molecule has 0 unspecified atom stereocenters. The van der Waals surface area contributed by atoms with E-state index in [0.29, 0.717) is 46.3 Å². The fourth-order valence-corrected chi connectivity index (χ4v) is 2.98. The number of nitrogens with zero attached hydrogens (tertiary/aromatic N) is 3. The molecule has 2 aromatic heterocycles. The van der Waals surface area contributed by atoms with Crippen molar-refractivity contribution < 1.29 is 24.1 Å². The van der Waals surface area contributed by atoms with Gasteiger partial charge in [0.15, 0.2) is 17.1 Å². The number of ether oxygens (including phenoxy) is 3. The molecule has 0 saturated carbocycles. The van der Waals surface area contributed by atoms with Crippen LogP contribution in [0.4, 0.5) is 0 Å². The van der Waals surface area contributed by atoms with Crippen LogP contribution in [-0.2, 0) is 11.3 Å². The van der Waals surface area contributed by atoms with Crippen LogP contribution in [0.2, 0.25) is 0 Å². The first-order valence-corrected chi connectivity index (χ1v) is 8.33. The van der Waals surface area contributed by atoms with E-state index in [1.807, 2.05) is 6.07 Å². The number of aromatic nitrogens is 3. The van der Waals surface area contributed by atoms with Crippen molar-refractivity contribution in [1.82, 2.24) is 14.5 Å². The first-order chi connectivity index (χ1) is 13.0. The zero-order valence-corrected chi connectivity index (χ0v) is 15.6. The highest BCUT2D eigenvalue weighted by atomic mass is 16.5. The molecule has 27 heavy (non-hydrogen) atoms.